The molecular weight excluding hydrogens is 364 g/mol. The van der Waals surface area contributed by atoms with E-state index in [1.807, 2.05) is 7.05 Å². The van der Waals surface area contributed by atoms with Crippen molar-refractivity contribution in [2.75, 3.05) is 19.4 Å². The van der Waals surface area contributed by atoms with Crippen molar-refractivity contribution >= 4 is 43.5 Å². The van der Waals surface area contributed by atoms with Crippen molar-refractivity contribution in [1.82, 2.24) is 4.90 Å². The molecule has 1 saturated carbocycles. The molecule has 0 heterocycles. The van der Waals surface area contributed by atoms with Gasteiger partial charge in [0.1, 0.15) is 5.75 Å². The van der Waals surface area contributed by atoms with E-state index >= 15 is 0 Å². The number of hydrogen-bond acceptors (Lipinski definition) is 3. The van der Waals surface area contributed by atoms with Crippen LogP contribution in [-0.2, 0) is 4.79 Å². The minimum atomic E-state index is -0.00637. The van der Waals surface area contributed by atoms with E-state index in [1.165, 1.54) is 0 Å². The van der Waals surface area contributed by atoms with Crippen LogP contribution in [0.3, 0.4) is 0 Å². The molecule has 0 saturated heterocycles. The van der Waals surface area contributed by atoms with Crippen LogP contribution in [0.4, 0.5) is 5.69 Å². The minimum absolute atomic E-state index is 0.00637. The zero-order valence-electron chi connectivity index (χ0n) is 9.95. The van der Waals surface area contributed by atoms with Crippen molar-refractivity contribution in [3.8, 4) is 5.75 Å². The Morgan fingerprint density at radius 2 is 2.00 bits per heavy atom. The van der Waals surface area contributed by atoms with E-state index in [1.54, 1.807) is 17.0 Å². The van der Waals surface area contributed by atoms with Gasteiger partial charge in [-0.2, -0.15) is 0 Å². The van der Waals surface area contributed by atoms with E-state index in [-0.39, 0.29) is 12.5 Å². The molecular formula is C12H14Br2N2O2. The quantitative estimate of drug-likeness (QED) is 0.821. The number of halogens is 2. The van der Waals surface area contributed by atoms with Crippen LogP contribution in [0.5, 0.6) is 5.75 Å². The summed E-state index contributed by atoms with van der Waals surface area (Å²) < 4.78 is 7.01. The van der Waals surface area contributed by atoms with Gasteiger partial charge in [-0.3, -0.25) is 4.79 Å². The molecule has 2 N–H and O–H groups in total. The van der Waals surface area contributed by atoms with Crippen LogP contribution in [0.25, 0.3) is 0 Å². The van der Waals surface area contributed by atoms with Crippen molar-refractivity contribution in [2.24, 2.45) is 0 Å². The molecule has 0 radical (unpaired) electrons. The van der Waals surface area contributed by atoms with Crippen LogP contribution in [-0.4, -0.2) is 30.5 Å². The molecule has 0 aromatic heterocycles. The van der Waals surface area contributed by atoms with Gasteiger partial charge in [-0.25, -0.2) is 0 Å². The molecule has 1 fully saturated rings. The zero-order chi connectivity index (χ0) is 13.3. The second-order valence-electron chi connectivity index (χ2n) is 4.34. The highest BCUT2D eigenvalue weighted by Gasteiger charge is 2.29. The van der Waals surface area contributed by atoms with Gasteiger partial charge in [-0.1, -0.05) is 0 Å². The number of hydrogen-bond donors (Lipinski definition) is 1. The summed E-state index contributed by atoms with van der Waals surface area (Å²) in [4.78, 5) is 13.6. The third-order valence-electron chi connectivity index (χ3n) is 2.85. The highest BCUT2D eigenvalue weighted by molar-refractivity contribution is 9.11. The Morgan fingerprint density at radius 1 is 1.44 bits per heavy atom. The van der Waals surface area contributed by atoms with Crippen molar-refractivity contribution in [3.63, 3.8) is 0 Å². The molecule has 18 heavy (non-hydrogen) atoms. The number of likely N-dealkylation sites (N-methyl/N-ethyl adjacent to an activating group) is 1. The van der Waals surface area contributed by atoms with E-state index in [9.17, 15) is 4.79 Å². The molecule has 0 unspecified atom stereocenters. The SMILES string of the molecule is CN(C(=O)COc1c(Br)cc(N)cc1Br)C1CC1. The molecule has 0 spiro atoms. The lowest BCUT2D eigenvalue weighted by Gasteiger charge is -2.17. The summed E-state index contributed by atoms with van der Waals surface area (Å²) >= 11 is 6.73. The lowest BCUT2D eigenvalue weighted by Crippen LogP contribution is -2.33. The number of carbonyl (C=O) groups excluding carboxylic acids is 1. The van der Waals surface area contributed by atoms with Crippen LogP contribution in [0.15, 0.2) is 21.1 Å². The maximum atomic E-state index is 11.8. The Morgan fingerprint density at radius 3 is 2.50 bits per heavy atom. The van der Waals surface area contributed by atoms with Crippen molar-refractivity contribution < 1.29 is 9.53 Å². The average molecular weight is 378 g/mol. The summed E-state index contributed by atoms with van der Waals surface area (Å²) in [6, 6.07) is 3.89. The first kappa shape index (κ1) is 13.7. The van der Waals surface area contributed by atoms with Gasteiger partial charge in [0.2, 0.25) is 0 Å². The first-order valence-electron chi connectivity index (χ1n) is 5.62. The largest absolute Gasteiger partial charge is 0.481 e. The maximum absolute atomic E-state index is 11.8. The molecule has 98 valence electrons. The predicted molar refractivity (Wildman–Crippen MR) is 77.5 cm³/mol. The van der Waals surface area contributed by atoms with Gasteiger partial charge < -0.3 is 15.4 Å². The lowest BCUT2D eigenvalue weighted by molar-refractivity contribution is -0.132. The van der Waals surface area contributed by atoms with Gasteiger partial charge in [0.15, 0.2) is 6.61 Å². The minimum Gasteiger partial charge on any atom is -0.481 e. The van der Waals surface area contributed by atoms with Gasteiger partial charge >= 0.3 is 0 Å². The number of benzene rings is 1. The highest BCUT2D eigenvalue weighted by Crippen LogP contribution is 2.35. The van der Waals surface area contributed by atoms with Crippen molar-refractivity contribution in [3.05, 3.63) is 21.1 Å². The van der Waals surface area contributed by atoms with E-state index in [4.69, 9.17) is 10.5 Å². The molecule has 6 heteroatoms. The summed E-state index contributed by atoms with van der Waals surface area (Å²) in [5.41, 5.74) is 6.32. The first-order chi connectivity index (χ1) is 8.49. The summed E-state index contributed by atoms with van der Waals surface area (Å²) in [6.07, 6.45) is 2.19. The topological polar surface area (TPSA) is 55.6 Å². The van der Waals surface area contributed by atoms with Crippen LogP contribution < -0.4 is 10.5 Å². The second kappa shape index (κ2) is 5.48. The number of carbonyl (C=O) groups is 1. The Kier molecular flexibility index (Phi) is 4.17. The number of nitrogen functional groups attached to an aromatic ring is 1. The summed E-state index contributed by atoms with van der Waals surface area (Å²) in [5, 5.41) is 0. The van der Waals surface area contributed by atoms with Crippen LogP contribution in [0.1, 0.15) is 12.8 Å². The van der Waals surface area contributed by atoms with Crippen LogP contribution in [0.2, 0.25) is 0 Å². The molecule has 1 aromatic carbocycles. The number of ether oxygens (including phenoxy) is 1. The second-order valence-corrected chi connectivity index (χ2v) is 6.05. The molecule has 4 nitrogen and oxygen atoms in total. The molecule has 0 aliphatic heterocycles. The monoisotopic (exact) mass is 376 g/mol. The fraction of sp³-hybridized carbons (Fsp3) is 0.417. The summed E-state index contributed by atoms with van der Waals surface area (Å²) in [6.45, 7) is 0.0358. The van der Waals surface area contributed by atoms with E-state index in [2.05, 4.69) is 31.9 Å². The molecule has 0 atom stereocenters. The maximum Gasteiger partial charge on any atom is 0.260 e. The third-order valence-corrected chi connectivity index (χ3v) is 4.03. The lowest BCUT2D eigenvalue weighted by atomic mass is 10.3. The van der Waals surface area contributed by atoms with Crippen molar-refractivity contribution in [2.45, 2.75) is 18.9 Å². The van der Waals surface area contributed by atoms with Gasteiger partial charge in [0, 0.05) is 18.8 Å². The highest BCUT2D eigenvalue weighted by atomic mass is 79.9. The Labute approximate surface area is 123 Å². The molecule has 1 aromatic rings. The van der Waals surface area contributed by atoms with E-state index in [0.29, 0.717) is 17.5 Å². The van der Waals surface area contributed by atoms with Crippen molar-refractivity contribution in [1.29, 1.82) is 0 Å². The van der Waals surface area contributed by atoms with Gasteiger partial charge in [0.05, 0.1) is 8.95 Å². The summed E-state index contributed by atoms with van der Waals surface area (Å²) in [5.74, 6) is 0.592. The number of nitrogens with two attached hydrogens (primary N) is 1. The number of amides is 1. The molecule has 0 bridgehead atoms. The number of anilines is 1. The predicted octanol–water partition coefficient (Wildman–Crippen LogP) is 2.79. The number of rotatable bonds is 4. The Balaban J connectivity index is 1.99. The normalized spacial score (nSPS) is 14.4. The van der Waals surface area contributed by atoms with Crippen LogP contribution >= 0.6 is 31.9 Å². The molecule has 1 amide bonds. The van der Waals surface area contributed by atoms with Gasteiger partial charge in [0.25, 0.3) is 5.91 Å². The fourth-order valence-corrected chi connectivity index (χ4v) is 3.07. The van der Waals surface area contributed by atoms with Gasteiger partial charge in [-0.15, -0.1) is 0 Å². The molecule has 1 aliphatic rings. The van der Waals surface area contributed by atoms with Gasteiger partial charge in [-0.05, 0) is 56.8 Å². The standard InChI is InChI=1S/C12H14Br2N2O2/c1-16(8-2-3-8)11(17)6-18-12-9(13)4-7(15)5-10(12)14/h4-5,8H,2-3,6,15H2,1H3. The Bertz CT molecular complexity index is 452. The number of nitrogens with zero attached hydrogens (tertiary/aromatic N) is 1. The Hall–Kier alpha value is -0.750. The first-order valence-corrected chi connectivity index (χ1v) is 7.20. The average Bonchev–Trinajstić information content (AvgIpc) is 3.09. The molecule has 1 aliphatic carbocycles. The van der Waals surface area contributed by atoms with E-state index < -0.39 is 0 Å². The summed E-state index contributed by atoms with van der Waals surface area (Å²) in [7, 11) is 1.82. The smallest absolute Gasteiger partial charge is 0.260 e. The fourth-order valence-electron chi connectivity index (χ4n) is 1.62. The molecule has 2 rings (SSSR count). The third kappa shape index (κ3) is 3.17. The van der Waals surface area contributed by atoms with E-state index in [0.717, 1.165) is 21.8 Å². The zero-order valence-corrected chi connectivity index (χ0v) is 13.1. The van der Waals surface area contributed by atoms with Crippen LogP contribution in [0, 0.1) is 0 Å².